The Balaban J connectivity index is 2.42. The zero-order chi connectivity index (χ0) is 10.4. The lowest BCUT2D eigenvalue weighted by atomic mass is 9.91. The summed E-state index contributed by atoms with van der Waals surface area (Å²) < 4.78 is 0. The van der Waals surface area contributed by atoms with Crippen LogP contribution in [0.3, 0.4) is 0 Å². The molecule has 2 heteroatoms. The Morgan fingerprint density at radius 3 is 2.93 bits per heavy atom. The van der Waals surface area contributed by atoms with E-state index in [9.17, 15) is 0 Å². The van der Waals surface area contributed by atoms with Crippen LogP contribution in [0, 0.1) is 17.8 Å². The Kier molecular flexibility index (Phi) is 5.00. The molecule has 2 N–H and O–H groups in total. The minimum absolute atomic E-state index is 0.586. The second-order valence-electron chi connectivity index (χ2n) is 4.14. The van der Waals surface area contributed by atoms with E-state index in [-0.39, 0.29) is 0 Å². The van der Waals surface area contributed by atoms with Crippen LogP contribution in [0.5, 0.6) is 0 Å². The molecule has 0 aromatic carbocycles. The number of likely N-dealkylation sites (tertiary alicyclic amines) is 1. The van der Waals surface area contributed by atoms with Gasteiger partial charge in [-0.15, -0.1) is 11.8 Å². The molecule has 0 aromatic rings. The van der Waals surface area contributed by atoms with Gasteiger partial charge in [-0.3, -0.25) is 4.90 Å². The average Bonchev–Trinajstić information content (AvgIpc) is 2.18. The number of nitrogens with two attached hydrogens (primary N) is 1. The molecule has 0 radical (unpaired) electrons. The molecule has 0 aliphatic carbocycles. The second-order valence-corrected chi connectivity index (χ2v) is 4.14. The Morgan fingerprint density at radius 2 is 2.29 bits per heavy atom. The van der Waals surface area contributed by atoms with Gasteiger partial charge in [-0.05, 0) is 32.2 Å². The highest BCUT2D eigenvalue weighted by molar-refractivity contribution is 4.96. The van der Waals surface area contributed by atoms with E-state index in [1.54, 1.807) is 0 Å². The zero-order valence-electron chi connectivity index (χ0n) is 9.42. The molecule has 0 bridgehead atoms. The molecule has 0 spiro atoms. The van der Waals surface area contributed by atoms with Crippen molar-refractivity contribution in [2.45, 2.75) is 39.2 Å². The molecule has 1 heterocycles. The molecule has 2 unspecified atom stereocenters. The Labute approximate surface area is 87.8 Å². The number of hydrogen-bond acceptors (Lipinski definition) is 2. The van der Waals surface area contributed by atoms with Gasteiger partial charge in [0.2, 0.25) is 0 Å². The van der Waals surface area contributed by atoms with Gasteiger partial charge in [-0.1, -0.05) is 6.92 Å². The molecule has 14 heavy (non-hydrogen) atoms. The number of rotatable bonds is 3. The highest BCUT2D eigenvalue weighted by atomic mass is 15.2. The van der Waals surface area contributed by atoms with Crippen LogP contribution in [-0.2, 0) is 0 Å². The molecular weight excluding hydrogens is 172 g/mol. The van der Waals surface area contributed by atoms with Crippen molar-refractivity contribution in [1.82, 2.24) is 4.90 Å². The molecule has 2 nitrogen and oxygen atoms in total. The van der Waals surface area contributed by atoms with Crippen LogP contribution >= 0.6 is 0 Å². The molecule has 80 valence electrons. The first-order chi connectivity index (χ1) is 6.79. The molecule has 2 atom stereocenters. The van der Waals surface area contributed by atoms with Crippen molar-refractivity contribution < 1.29 is 0 Å². The normalized spacial score (nSPS) is 28.2. The summed E-state index contributed by atoms with van der Waals surface area (Å²) in [4.78, 5) is 2.51. The smallest absolute Gasteiger partial charge is 0.0244 e. The predicted molar refractivity (Wildman–Crippen MR) is 60.9 cm³/mol. The van der Waals surface area contributed by atoms with Gasteiger partial charge in [0.1, 0.15) is 0 Å². The third-order valence-corrected chi connectivity index (χ3v) is 3.17. The monoisotopic (exact) mass is 194 g/mol. The SMILES string of the molecule is CC#CCCN1CCCC(C)C1CN. The molecule has 1 rings (SSSR count). The highest BCUT2D eigenvalue weighted by Gasteiger charge is 2.26. The first kappa shape index (κ1) is 11.6. The first-order valence-corrected chi connectivity index (χ1v) is 5.63. The van der Waals surface area contributed by atoms with E-state index in [0.29, 0.717) is 6.04 Å². The maximum Gasteiger partial charge on any atom is 0.0244 e. The van der Waals surface area contributed by atoms with Crippen molar-refractivity contribution in [3.05, 3.63) is 0 Å². The Hall–Kier alpha value is -0.520. The Bertz CT molecular complexity index is 214. The van der Waals surface area contributed by atoms with Gasteiger partial charge in [0.15, 0.2) is 0 Å². The fraction of sp³-hybridized carbons (Fsp3) is 0.833. The van der Waals surface area contributed by atoms with E-state index in [1.165, 1.54) is 19.4 Å². The average molecular weight is 194 g/mol. The number of nitrogens with zero attached hydrogens (tertiary/aromatic N) is 1. The number of hydrogen-bond donors (Lipinski definition) is 1. The summed E-state index contributed by atoms with van der Waals surface area (Å²) in [6, 6.07) is 0.586. The minimum atomic E-state index is 0.586. The fourth-order valence-corrected chi connectivity index (χ4v) is 2.32. The van der Waals surface area contributed by atoms with Crippen molar-refractivity contribution >= 4 is 0 Å². The van der Waals surface area contributed by atoms with Crippen LogP contribution in [0.2, 0.25) is 0 Å². The van der Waals surface area contributed by atoms with Gasteiger partial charge in [-0.25, -0.2) is 0 Å². The van der Waals surface area contributed by atoms with Gasteiger partial charge in [-0.2, -0.15) is 0 Å². The molecule has 1 fully saturated rings. The second kappa shape index (κ2) is 6.06. The molecular formula is C12H22N2. The molecule has 0 amide bonds. The predicted octanol–water partition coefficient (Wildman–Crippen LogP) is 1.46. The van der Waals surface area contributed by atoms with E-state index >= 15 is 0 Å². The van der Waals surface area contributed by atoms with Crippen LogP contribution in [0.25, 0.3) is 0 Å². The van der Waals surface area contributed by atoms with Crippen LogP contribution < -0.4 is 5.73 Å². The molecule has 0 aromatic heterocycles. The number of piperidine rings is 1. The van der Waals surface area contributed by atoms with Crippen molar-refractivity contribution in [3.63, 3.8) is 0 Å². The van der Waals surface area contributed by atoms with Gasteiger partial charge in [0, 0.05) is 25.6 Å². The van der Waals surface area contributed by atoms with E-state index in [4.69, 9.17) is 5.73 Å². The summed E-state index contributed by atoms with van der Waals surface area (Å²) in [7, 11) is 0. The highest BCUT2D eigenvalue weighted by Crippen LogP contribution is 2.22. The summed E-state index contributed by atoms with van der Waals surface area (Å²) in [6.07, 6.45) is 3.63. The summed E-state index contributed by atoms with van der Waals surface area (Å²) in [5.74, 6) is 6.82. The van der Waals surface area contributed by atoms with E-state index < -0.39 is 0 Å². The van der Waals surface area contributed by atoms with Crippen LogP contribution in [0.4, 0.5) is 0 Å². The van der Waals surface area contributed by atoms with Crippen molar-refractivity contribution in [3.8, 4) is 11.8 Å². The van der Waals surface area contributed by atoms with E-state index in [1.807, 2.05) is 6.92 Å². The van der Waals surface area contributed by atoms with Crippen LogP contribution in [0.1, 0.15) is 33.1 Å². The standard InChI is InChI=1S/C12H22N2/c1-3-4-5-8-14-9-6-7-11(2)12(14)10-13/h11-12H,5-10,13H2,1-2H3. The third kappa shape index (κ3) is 3.01. The Morgan fingerprint density at radius 1 is 1.50 bits per heavy atom. The van der Waals surface area contributed by atoms with Gasteiger partial charge in [0.25, 0.3) is 0 Å². The zero-order valence-corrected chi connectivity index (χ0v) is 9.42. The quantitative estimate of drug-likeness (QED) is 0.689. The molecule has 0 saturated carbocycles. The van der Waals surface area contributed by atoms with Gasteiger partial charge in [0.05, 0.1) is 0 Å². The van der Waals surface area contributed by atoms with E-state index in [2.05, 4.69) is 23.7 Å². The first-order valence-electron chi connectivity index (χ1n) is 5.63. The maximum absolute atomic E-state index is 5.81. The summed E-state index contributed by atoms with van der Waals surface area (Å²) in [5, 5.41) is 0. The van der Waals surface area contributed by atoms with Crippen LogP contribution in [-0.4, -0.2) is 30.6 Å². The van der Waals surface area contributed by atoms with Crippen molar-refractivity contribution in [2.75, 3.05) is 19.6 Å². The fourth-order valence-electron chi connectivity index (χ4n) is 2.32. The summed E-state index contributed by atoms with van der Waals surface area (Å²) in [5.41, 5.74) is 5.81. The maximum atomic E-state index is 5.81. The third-order valence-electron chi connectivity index (χ3n) is 3.17. The largest absolute Gasteiger partial charge is 0.329 e. The summed E-state index contributed by atoms with van der Waals surface area (Å²) in [6.45, 7) is 7.31. The lowest BCUT2D eigenvalue weighted by Gasteiger charge is -2.39. The van der Waals surface area contributed by atoms with E-state index in [0.717, 1.165) is 25.4 Å². The topological polar surface area (TPSA) is 29.3 Å². The van der Waals surface area contributed by atoms with Crippen molar-refractivity contribution in [1.29, 1.82) is 0 Å². The minimum Gasteiger partial charge on any atom is -0.329 e. The van der Waals surface area contributed by atoms with Gasteiger partial charge >= 0.3 is 0 Å². The summed E-state index contributed by atoms with van der Waals surface area (Å²) >= 11 is 0. The molecule has 1 aliphatic rings. The lowest BCUT2D eigenvalue weighted by Crippen LogP contribution is -2.48. The van der Waals surface area contributed by atoms with Crippen molar-refractivity contribution in [2.24, 2.45) is 11.7 Å². The van der Waals surface area contributed by atoms with Crippen LogP contribution in [0.15, 0.2) is 0 Å². The van der Waals surface area contributed by atoms with Gasteiger partial charge < -0.3 is 5.73 Å². The molecule has 1 saturated heterocycles. The lowest BCUT2D eigenvalue weighted by molar-refractivity contribution is 0.109. The molecule has 1 aliphatic heterocycles.